The van der Waals surface area contributed by atoms with Crippen molar-refractivity contribution >= 4 is 23.5 Å². The Bertz CT molecular complexity index is 1080. The number of esters is 2. The van der Waals surface area contributed by atoms with Crippen molar-refractivity contribution in [2.45, 2.75) is 57.7 Å². The monoisotopic (exact) mass is 428 g/mol. The first-order chi connectivity index (χ1) is 14.6. The van der Waals surface area contributed by atoms with Crippen LogP contribution in [0.3, 0.4) is 0 Å². The Balaban J connectivity index is 1.82. The fourth-order valence-corrected chi connectivity index (χ4v) is 6.28. The molecule has 8 heteroatoms. The second-order valence-corrected chi connectivity index (χ2v) is 9.30. The predicted octanol–water partition coefficient (Wildman–Crippen LogP) is 2.54. The minimum Gasteiger partial charge on any atom is -0.460 e. The van der Waals surface area contributed by atoms with Gasteiger partial charge in [-0.1, -0.05) is 6.92 Å². The number of hydrogen-bond acceptors (Lipinski definition) is 8. The summed E-state index contributed by atoms with van der Waals surface area (Å²) in [6.07, 6.45) is 0.906. The van der Waals surface area contributed by atoms with Crippen molar-refractivity contribution < 1.29 is 37.8 Å². The summed E-state index contributed by atoms with van der Waals surface area (Å²) in [7, 11) is 1.50. The third kappa shape index (κ3) is 2.39. The third-order valence-corrected chi connectivity index (χ3v) is 7.70. The van der Waals surface area contributed by atoms with E-state index in [1.165, 1.54) is 20.3 Å². The predicted molar refractivity (Wildman–Crippen MR) is 105 cm³/mol. The van der Waals surface area contributed by atoms with Crippen molar-refractivity contribution in [3.63, 3.8) is 0 Å². The standard InChI is InChI=1S/C23H24O8/c1-10(24)30-13-7-22(2)12(5-6-14(22)25)16-18(13)23(3)15(9-28-4)31-21(27)11-8-29-20(17(11)23)19(16)26/h8,12-13,15H,5-7,9H2,1-4H3/t12-,13+,15-,22-,23-/m0/s1. The molecule has 1 aromatic heterocycles. The number of Topliss-reactive ketones (excluding diaryl/α,β-unsaturated/α-hetero) is 2. The molecule has 5 atom stereocenters. The van der Waals surface area contributed by atoms with Gasteiger partial charge >= 0.3 is 11.9 Å². The molecule has 0 N–H and O–H groups in total. The van der Waals surface area contributed by atoms with Crippen molar-refractivity contribution in [1.82, 2.24) is 0 Å². The number of allylic oxidation sites excluding steroid dienone is 1. The van der Waals surface area contributed by atoms with E-state index in [1.54, 1.807) is 0 Å². The fraction of sp³-hybridized carbons (Fsp3) is 0.565. The maximum absolute atomic E-state index is 13.7. The van der Waals surface area contributed by atoms with Crippen LogP contribution >= 0.6 is 0 Å². The number of cyclic esters (lactones) is 1. The number of carbonyl (C=O) groups excluding carboxylic acids is 4. The molecule has 31 heavy (non-hydrogen) atoms. The number of carbonyl (C=O) groups is 4. The van der Waals surface area contributed by atoms with Gasteiger partial charge in [0.25, 0.3) is 0 Å². The summed E-state index contributed by atoms with van der Waals surface area (Å²) in [6, 6.07) is 0. The molecule has 2 heterocycles. The first kappa shape index (κ1) is 20.2. The molecule has 0 saturated heterocycles. The molecule has 0 bridgehead atoms. The van der Waals surface area contributed by atoms with E-state index in [0.717, 1.165) is 0 Å². The van der Waals surface area contributed by atoms with Gasteiger partial charge in [0.2, 0.25) is 5.78 Å². The highest BCUT2D eigenvalue weighted by Gasteiger charge is 2.64. The van der Waals surface area contributed by atoms with Gasteiger partial charge in [0.15, 0.2) is 5.76 Å². The minimum absolute atomic E-state index is 0.0635. The van der Waals surface area contributed by atoms with E-state index >= 15 is 0 Å². The maximum Gasteiger partial charge on any atom is 0.342 e. The zero-order valence-electron chi connectivity index (χ0n) is 17.9. The Morgan fingerprint density at radius 3 is 2.68 bits per heavy atom. The lowest BCUT2D eigenvalue weighted by molar-refractivity contribution is -0.149. The molecule has 0 radical (unpaired) electrons. The third-order valence-electron chi connectivity index (χ3n) is 7.70. The van der Waals surface area contributed by atoms with Gasteiger partial charge in [-0.2, -0.15) is 0 Å². The van der Waals surface area contributed by atoms with Gasteiger partial charge in [-0.15, -0.1) is 0 Å². The zero-order valence-corrected chi connectivity index (χ0v) is 17.9. The molecule has 5 rings (SSSR count). The molecule has 4 aliphatic rings. The van der Waals surface area contributed by atoms with E-state index in [4.69, 9.17) is 18.6 Å². The Morgan fingerprint density at radius 2 is 2.00 bits per heavy atom. The Hall–Kier alpha value is -2.74. The molecule has 1 saturated carbocycles. The van der Waals surface area contributed by atoms with Crippen molar-refractivity contribution in [1.29, 1.82) is 0 Å². The number of ether oxygens (including phenoxy) is 3. The highest BCUT2D eigenvalue weighted by atomic mass is 16.6. The van der Waals surface area contributed by atoms with E-state index in [9.17, 15) is 19.2 Å². The van der Waals surface area contributed by atoms with Crippen molar-refractivity contribution in [2.75, 3.05) is 13.7 Å². The van der Waals surface area contributed by atoms with E-state index in [1.807, 2.05) is 13.8 Å². The van der Waals surface area contributed by atoms with Gasteiger partial charge in [-0.3, -0.25) is 14.4 Å². The number of methoxy groups -OCH3 is 1. The number of furan rings is 1. The van der Waals surface area contributed by atoms with Gasteiger partial charge in [-0.25, -0.2) is 4.79 Å². The van der Waals surface area contributed by atoms with Gasteiger partial charge in [0.1, 0.15) is 29.8 Å². The summed E-state index contributed by atoms with van der Waals surface area (Å²) in [4.78, 5) is 51.2. The van der Waals surface area contributed by atoms with Crippen molar-refractivity contribution in [3.05, 3.63) is 34.3 Å². The lowest BCUT2D eigenvalue weighted by Crippen LogP contribution is -2.57. The Labute approximate surface area is 178 Å². The van der Waals surface area contributed by atoms with Crippen LogP contribution in [0.2, 0.25) is 0 Å². The van der Waals surface area contributed by atoms with Gasteiger partial charge in [0.05, 0.1) is 12.0 Å². The van der Waals surface area contributed by atoms with E-state index in [2.05, 4.69) is 0 Å². The van der Waals surface area contributed by atoms with Gasteiger partial charge in [-0.05, 0) is 18.9 Å². The summed E-state index contributed by atoms with van der Waals surface area (Å²) < 4.78 is 22.4. The highest BCUT2D eigenvalue weighted by molar-refractivity contribution is 6.14. The second kappa shape index (κ2) is 6.38. The van der Waals surface area contributed by atoms with Crippen LogP contribution in [0.15, 0.2) is 21.8 Å². The molecule has 8 nitrogen and oxygen atoms in total. The lowest BCUT2D eigenvalue weighted by atomic mass is 9.54. The number of hydrogen-bond donors (Lipinski definition) is 0. The van der Waals surface area contributed by atoms with Crippen LogP contribution in [0.1, 0.15) is 66.5 Å². The quantitative estimate of drug-likeness (QED) is 0.676. The molecule has 0 aromatic carbocycles. The van der Waals surface area contributed by atoms with Crippen LogP contribution in [-0.2, 0) is 29.2 Å². The molecule has 1 fully saturated rings. The average molecular weight is 428 g/mol. The molecule has 0 amide bonds. The summed E-state index contributed by atoms with van der Waals surface area (Å²) in [6.45, 7) is 5.11. The van der Waals surface area contributed by atoms with Gasteiger partial charge in [0, 0.05) is 49.3 Å². The summed E-state index contributed by atoms with van der Waals surface area (Å²) in [5.74, 6) is -1.58. The fourth-order valence-electron chi connectivity index (χ4n) is 6.28. The zero-order chi connectivity index (χ0) is 22.3. The molecular formula is C23H24O8. The van der Waals surface area contributed by atoms with Gasteiger partial charge < -0.3 is 18.6 Å². The number of ketones is 2. The van der Waals surface area contributed by atoms with Crippen molar-refractivity contribution in [3.8, 4) is 0 Å². The molecule has 1 aliphatic heterocycles. The Morgan fingerprint density at radius 1 is 1.26 bits per heavy atom. The number of fused-ring (bicyclic) bond motifs is 3. The lowest BCUT2D eigenvalue weighted by Gasteiger charge is -2.51. The Kier molecular flexibility index (Phi) is 4.16. The van der Waals surface area contributed by atoms with Crippen LogP contribution < -0.4 is 0 Å². The summed E-state index contributed by atoms with van der Waals surface area (Å²) in [5, 5.41) is 0. The second-order valence-electron chi connectivity index (χ2n) is 9.30. The molecule has 3 aliphatic carbocycles. The molecule has 1 aromatic rings. The first-order valence-electron chi connectivity index (χ1n) is 10.5. The van der Waals surface area contributed by atoms with E-state index in [0.29, 0.717) is 29.6 Å². The van der Waals surface area contributed by atoms with E-state index in [-0.39, 0.29) is 41.8 Å². The molecule has 0 spiro atoms. The van der Waals surface area contributed by atoms with Crippen LogP contribution in [0.4, 0.5) is 0 Å². The first-order valence-corrected chi connectivity index (χ1v) is 10.5. The van der Waals surface area contributed by atoms with Crippen LogP contribution in [0.25, 0.3) is 0 Å². The topological polar surface area (TPSA) is 109 Å². The molecule has 0 unspecified atom stereocenters. The van der Waals surface area contributed by atoms with Crippen molar-refractivity contribution in [2.24, 2.45) is 11.3 Å². The largest absolute Gasteiger partial charge is 0.460 e. The van der Waals surface area contributed by atoms with Crippen LogP contribution in [-0.4, -0.2) is 49.4 Å². The smallest absolute Gasteiger partial charge is 0.342 e. The SMILES string of the molecule is COC[C@@H]1OC(=O)c2coc3c2[C@@]1(C)C1=C(C3=O)[C@@H]2CCC(=O)[C@@]2(C)C[C@H]1OC(C)=O. The summed E-state index contributed by atoms with van der Waals surface area (Å²) >= 11 is 0. The minimum atomic E-state index is -0.988. The summed E-state index contributed by atoms with van der Waals surface area (Å²) in [5.41, 5.74) is -0.0741. The average Bonchev–Trinajstić information content (AvgIpc) is 3.27. The van der Waals surface area contributed by atoms with Crippen LogP contribution in [0.5, 0.6) is 0 Å². The maximum atomic E-state index is 13.7. The van der Waals surface area contributed by atoms with E-state index < -0.39 is 35.0 Å². The normalized spacial score (nSPS) is 36.0. The molecule has 164 valence electrons. The van der Waals surface area contributed by atoms with Crippen LogP contribution in [0, 0.1) is 11.3 Å². The number of rotatable bonds is 3. The highest BCUT2D eigenvalue weighted by Crippen LogP contribution is 2.61. The molecular weight excluding hydrogens is 404 g/mol.